The summed E-state index contributed by atoms with van der Waals surface area (Å²) < 4.78 is 5.18. The molecule has 3 heterocycles. The minimum atomic E-state index is -0.291. The van der Waals surface area contributed by atoms with Gasteiger partial charge in [-0.05, 0) is 61.4 Å². The highest BCUT2D eigenvalue weighted by atomic mass is 16.3. The van der Waals surface area contributed by atoms with E-state index in [0.29, 0.717) is 18.1 Å². The van der Waals surface area contributed by atoms with Gasteiger partial charge in [0, 0.05) is 24.5 Å². The molecule has 1 aromatic carbocycles. The second kappa shape index (κ2) is 7.90. The molecular weight excluding hydrogens is 342 g/mol. The highest BCUT2D eigenvalue weighted by Gasteiger charge is 2.12. The maximum Gasteiger partial charge on any atom is 0.272 e. The zero-order valence-corrected chi connectivity index (χ0v) is 14.9. The molecule has 1 fully saturated rings. The van der Waals surface area contributed by atoms with Crippen LogP contribution in [0.2, 0.25) is 0 Å². The Balaban J connectivity index is 1.33. The third-order valence-corrected chi connectivity index (χ3v) is 4.51. The summed E-state index contributed by atoms with van der Waals surface area (Å²) in [6.45, 7) is 2.57. The molecule has 0 unspecified atom stereocenters. The van der Waals surface area contributed by atoms with E-state index in [9.17, 15) is 4.79 Å². The number of nitrogens with zero attached hydrogens (tertiary/aromatic N) is 3. The Kier molecular flexibility index (Phi) is 5.00. The van der Waals surface area contributed by atoms with Crippen LogP contribution in [0.4, 0.5) is 17.2 Å². The summed E-state index contributed by atoms with van der Waals surface area (Å²) in [6.07, 6.45) is 4.09. The third-order valence-electron chi connectivity index (χ3n) is 4.51. The Labute approximate surface area is 157 Å². The van der Waals surface area contributed by atoms with Crippen molar-refractivity contribution in [3.05, 3.63) is 66.2 Å². The molecule has 2 N–H and O–H groups in total. The molecule has 3 aromatic rings. The molecule has 0 radical (unpaired) electrons. The Morgan fingerprint density at radius 1 is 1.04 bits per heavy atom. The lowest BCUT2D eigenvalue weighted by Crippen LogP contribution is -2.23. The van der Waals surface area contributed by atoms with E-state index in [2.05, 4.69) is 37.9 Å². The minimum absolute atomic E-state index is 0.261. The molecule has 7 nitrogen and oxygen atoms in total. The average molecular weight is 363 g/mol. The number of furan rings is 1. The molecule has 0 atom stereocenters. The van der Waals surface area contributed by atoms with E-state index in [0.717, 1.165) is 18.8 Å². The van der Waals surface area contributed by atoms with Gasteiger partial charge in [0.15, 0.2) is 11.5 Å². The first-order valence-electron chi connectivity index (χ1n) is 9.04. The van der Waals surface area contributed by atoms with Gasteiger partial charge in [-0.1, -0.05) is 0 Å². The third kappa shape index (κ3) is 4.25. The standard InChI is InChI=1S/C20H21N5O2/c26-20(21-14-17-4-3-13-27-17)18-9-10-19(24-23-18)22-15-5-7-16(8-6-15)25-11-1-2-12-25/h3-10,13H,1-2,11-12,14H2,(H,21,26)(H,22,24). The predicted molar refractivity (Wildman–Crippen MR) is 103 cm³/mol. The zero-order valence-electron chi connectivity index (χ0n) is 14.9. The summed E-state index contributed by atoms with van der Waals surface area (Å²) in [5, 5.41) is 14.0. The van der Waals surface area contributed by atoms with Gasteiger partial charge < -0.3 is 20.0 Å². The summed E-state index contributed by atoms with van der Waals surface area (Å²) in [5.74, 6) is 0.985. The van der Waals surface area contributed by atoms with Crippen LogP contribution in [-0.4, -0.2) is 29.2 Å². The molecule has 0 aliphatic carbocycles. The smallest absolute Gasteiger partial charge is 0.272 e. The fourth-order valence-electron chi connectivity index (χ4n) is 3.07. The molecule has 4 rings (SSSR count). The average Bonchev–Trinajstić information content (AvgIpc) is 3.41. The Bertz CT molecular complexity index is 870. The van der Waals surface area contributed by atoms with Crippen molar-refractivity contribution in [3.63, 3.8) is 0 Å². The highest BCUT2D eigenvalue weighted by molar-refractivity contribution is 5.92. The molecule has 0 bridgehead atoms. The first-order chi connectivity index (χ1) is 13.3. The van der Waals surface area contributed by atoms with Gasteiger partial charge in [-0.3, -0.25) is 4.79 Å². The molecule has 1 aliphatic rings. The van der Waals surface area contributed by atoms with Gasteiger partial charge in [-0.15, -0.1) is 10.2 Å². The van der Waals surface area contributed by atoms with Crippen molar-refractivity contribution in [1.82, 2.24) is 15.5 Å². The van der Waals surface area contributed by atoms with Crippen molar-refractivity contribution in [1.29, 1.82) is 0 Å². The fourth-order valence-corrected chi connectivity index (χ4v) is 3.07. The molecule has 138 valence electrons. The van der Waals surface area contributed by atoms with E-state index in [1.165, 1.54) is 18.5 Å². The fraction of sp³-hybridized carbons (Fsp3) is 0.250. The number of nitrogens with one attached hydrogen (secondary N) is 2. The second-order valence-corrected chi connectivity index (χ2v) is 6.43. The molecule has 7 heteroatoms. The van der Waals surface area contributed by atoms with Crippen LogP contribution in [0.1, 0.15) is 29.1 Å². The maximum atomic E-state index is 12.1. The SMILES string of the molecule is O=C(NCc1ccco1)c1ccc(Nc2ccc(N3CCCC3)cc2)nn1. The summed E-state index contributed by atoms with van der Waals surface area (Å²) in [6, 6.07) is 15.2. The van der Waals surface area contributed by atoms with Crippen molar-refractivity contribution < 1.29 is 9.21 Å². The van der Waals surface area contributed by atoms with Crippen molar-refractivity contribution in [2.24, 2.45) is 0 Å². The van der Waals surface area contributed by atoms with Crippen LogP contribution < -0.4 is 15.5 Å². The summed E-state index contributed by atoms with van der Waals surface area (Å²) in [7, 11) is 0. The lowest BCUT2D eigenvalue weighted by Gasteiger charge is -2.17. The topological polar surface area (TPSA) is 83.3 Å². The van der Waals surface area contributed by atoms with Crippen LogP contribution >= 0.6 is 0 Å². The normalized spacial score (nSPS) is 13.6. The number of rotatable bonds is 6. The number of anilines is 3. The van der Waals surface area contributed by atoms with Gasteiger partial charge in [0.2, 0.25) is 0 Å². The van der Waals surface area contributed by atoms with Crippen LogP contribution in [0.3, 0.4) is 0 Å². The number of carbonyl (C=O) groups is 1. The monoisotopic (exact) mass is 363 g/mol. The minimum Gasteiger partial charge on any atom is -0.467 e. The second-order valence-electron chi connectivity index (χ2n) is 6.43. The largest absolute Gasteiger partial charge is 0.467 e. The first kappa shape index (κ1) is 17.1. The van der Waals surface area contributed by atoms with Gasteiger partial charge in [0.25, 0.3) is 5.91 Å². The van der Waals surface area contributed by atoms with E-state index < -0.39 is 0 Å². The number of amides is 1. The van der Waals surface area contributed by atoms with Crippen LogP contribution in [0, 0.1) is 0 Å². The molecule has 2 aromatic heterocycles. The summed E-state index contributed by atoms with van der Waals surface area (Å²) >= 11 is 0. The molecule has 27 heavy (non-hydrogen) atoms. The molecular formula is C20H21N5O2. The lowest BCUT2D eigenvalue weighted by molar-refractivity contribution is 0.0942. The zero-order chi connectivity index (χ0) is 18.5. The number of hydrogen-bond acceptors (Lipinski definition) is 6. The molecule has 0 spiro atoms. The highest BCUT2D eigenvalue weighted by Crippen LogP contribution is 2.23. The van der Waals surface area contributed by atoms with Crippen molar-refractivity contribution >= 4 is 23.1 Å². The molecule has 0 saturated carbocycles. The Morgan fingerprint density at radius 2 is 1.85 bits per heavy atom. The lowest BCUT2D eigenvalue weighted by atomic mass is 10.2. The Morgan fingerprint density at radius 3 is 2.52 bits per heavy atom. The molecule has 1 aliphatic heterocycles. The Hall–Kier alpha value is -3.35. The number of carbonyl (C=O) groups excluding carboxylic acids is 1. The number of aromatic nitrogens is 2. The summed E-state index contributed by atoms with van der Waals surface area (Å²) in [4.78, 5) is 14.5. The van der Waals surface area contributed by atoms with E-state index in [-0.39, 0.29) is 11.6 Å². The number of benzene rings is 1. The van der Waals surface area contributed by atoms with Gasteiger partial charge >= 0.3 is 0 Å². The maximum absolute atomic E-state index is 12.1. The van der Waals surface area contributed by atoms with Gasteiger partial charge in [0.1, 0.15) is 5.76 Å². The number of hydrogen-bond donors (Lipinski definition) is 2. The van der Waals surface area contributed by atoms with E-state index in [1.54, 1.807) is 30.5 Å². The van der Waals surface area contributed by atoms with Crippen molar-refractivity contribution in [2.45, 2.75) is 19.4 Å². The van der Waals surface area contributed by atoms with Crippen molar-refractivity contribution in [3.8, 4) is 0 Å². The van der Waals surface area contributed by atoms with E-state index >= 15 is 0 Å². The van der Waals surface area contributed by atoms with Gasteiger partial charge in [-0.2, -0.15) is 0 Å². The van der Waals surface area contributed by atoms with E-state index in [4.69, 9.17) is 4.42 Å². The quantitative estimate of drug-likeness (QED) is 0.699. The van der Waals surface area contributed by atoms with E-state index in [1.807, 2.05) is 12.1 Å². The summed E-state index contributed by atoms with van der Waals surface area (Å²) in [5.41, 5.74) is 2.44. The first-order valence-corrected chi connectivity index (χ1v) is 9.04. The van der Waals surface area contributed by atoms with Gasteiger partial charge in [0.05, 0.1) is 12.8 Å². The molecule has 1 saturated heterocycles. The molecule has 1 amide bonds. The van der Waals surface area contributed by atoms with Crippen molar-refractivity contribution in [2.75, 3.05) is 23.3 Å². The van der Waals surface area contributed by atoms with Crippen LogP contribution in [0.15, 0.2) is 59.2 Å². The van der Waals surface area contributed by atoms with Crippen LogP contribution in [0.5, 0.6) is 0 Å². The van der Waals surface area contributed by atoms with Crippen LogP contribution in [-0.2, 0) is 6.54 Å². The predicted octanol–water partition coefficient (Wildman–Crippen LogP) is 3.34. The van der Waals surface area contributed by atoms with Gasteiger partial charge in [-0.25, -0.2) is 0 Å². The van der Waals surface area contributed by atoms with Crippen LogP contribution in [0.25, 0.3) is 0 Å².